The molecule has 1 aromatic carbocycles. The minimum Gasteiger partial charge on any atom is -0.496 e. The molecule has 20 heavy (non-hydrogen) atoms. The molecule has 1 atom stereocenters. The molecule has 1 heterocycles. The van der Waals surface area contributed by atoms with E-state index in [9.17, 15) is 10.0 Å². The van der Waals surface area contributed by atoms with Gasteiger partial charge in [0.15, 0.2) is 0 Å². The van der Waals surface area contributed by atoms with E-state index in [0.717, 1.165) is 25.0 Å². The summed E-state index contributed by atoms with van der Waals surface area (Å²) in [4.78, 5) is 0. The number of rotatable bonds is 6. The van der Waals surface area contributed by atoms with Gasteiger partial charge in [0, 0.05) is 12.2 Å². The molecule has 1 aromatic rings. The first-order valence-electron chi connectivity index (χ1n) is 6.93. The van der Waals surface area contributed by atoms with Crippen molar-refractivity contribution >= 4 is 12.6 Å². The van der Waals surface area contributed by atoms with Crippen molar-refractivity contribution in [2.75, 3.05) is 20.3 Å². The van der Waals surface area contributed by atoms with Crippen LogP contribution in [0.4, 0.5) is 0 Å². The van der Waals surface area contributed by atoms with Crippen molar-refractivity contribution in [2.24, 2.45) is 0 Å². The third-order valence-electron chi connectivity index (χ3n) is 3.44. The van der Waals surface area contributed by atoms with Gasteiger partial charge in [-0.25, -0.2) is 0 Å². The van der Waals surface area contributed by atoms with Crippen LogP contribution < -0.4 is 10.2 Å². The minimum absolute atomic E-state index is 0.168. The van der Waals surface area contributed by atoms with Crippen molar-refractivity contribution in [3.63, 3.8) is 0 Å². The molecule has 1 unspecified atom stereocenters. The van der Waals surface area contributed by atoms with Crippen molar-refractivity contribution in [1.82, 2.24) is 0 Å². The topological polar surface area (TPSA) is 68.2 Å². The van der Waals surface area contributed by atoms with Crippen molar-refractivity contribution in [2.45, 2.75) is 32.0 Å². The molecule has 0 aromatic heterocycles. The zero-order valence-electron chi connectivity index (χ0n) is 11.7. The van der Waals surface area contributed by atoms with Crippen LogP contribution in [0.25, 0.3) is 0 Å². The number of hydrogen-bond donors (Lipinski definition) is 2. The van der Waals surface area contributed by atoms with Crippen LogP contribution in [0.1, 0.15) is 24.8 Å². The number of methoxy groups -OCH3 is 1. The molecule has 2 N–H and O–H groups in total. The average Bonchev–Trinajstić information content (AvgIpc) is 2.48. The van der Waals surface area contributed by atoms with Gasteiger partial charge < -0.3 is 24.3 Å². The zero-order chi connectivity index (χ0) is 14.4. The van der Waals surface area contributed by atoms with Crippen molar-refractivity contribution < 1.29 is 24.3 Å². The lowest BCUT2D eigenvalue weighted by molar-refractivity contribution is -0.0449. The van der Waals surface area contributed by atoms with E-state index in [4.69, 9.17) is 14.2 Å². The lowest BCUT2D eigenvalue weighted by Crippen LogP contribution is -2.30. The number of hydrogen-bond acceptors (Lipinski definition) is 5. The normalized spacial score (nSPS) is 18.9. The van der Waals surface area contributed by atoms with E-state index in [-0.39, 0.29) is 6.10 Å². The number of ether oxygens (including phenoxy) is 3. The Morgan fingerprint density at radius 2 is 2.20 bits per heavy atom. The smallest absolute Gasteiger partial charge is 0.488 e. The first-order chi connectivity index (χ1) is 9.70. The predicted molar refractivity (Wildman–Crippen MR) is 76.1 cm³/mol. The fraction of sp³-hybridized carbons (Fsp3) is 0.571. The Bertz CT molecular complexity index is 418. The van der Waals surface area contributed by atoms with E-state index in [2.05, 4.69) is 0 Å². The van der Waals surface area contributed by atoms with E-state index in [1.165, 1.54) is 6.42 Å². The molecular formula is C14H21BO5. The quantitative estimate of drug-likeness (QED) is 0.741. The highest BCUT2D eigenvalue weighted by Gasteiger charge is 2.16. The predicted octanol–water partition coefficient (Wildman–Crippen LogP) is 0.461. The fourth-order valence-electron chi connectivity index (χ4n) is 2.31. The van der Waals surface area contributed by atoms with Crippen LogP contribution in [0.5, 0.6) is 5.75 Å². The molecule has 1 fully saturated rings. The monoisotopic (exact) mass is 280 g/mol. The highest BCUT2D eigenvalue weighted by Crippen LogP contribution is 2.19. The van der Waals surface area contributed by atoms with Gasteiger partial charge in [-0.05, 0) is 30.8 Å². The first-order valence-corrected chi connectivity index (χ1v) is 6.93. The van der Waals surface area contributed by atoms with Crippen LogP contribution in [0.15, 0.2) is 18.2 Å². The standard InChI is InChI=1S/C14H21BO5/c1-18-14-6-5-12(15(16)17)8-11(14)9-19-10-13-4-2-3-7-20-13/h5-6,8,13,16-17H,2-4,7,9-10H2,1H3. The second kappa shape index (κ2) is 7.64. The SMILES string of the molecule is COc1ccc(B(O)O)cc1COCC1CCCCO1. The second-order valence-corrected chi connectivity index (χ2v) is 4.95. The molecule has 1 saturated heterocycles. The van der Waals surface area contributed by atoms with Gasteiger partial charge in [0.1, 0.15) is 5.75 Å². The van der Waals surface area contributed by atoms with Crippen LogP contribution in [-0.2, 0) is 16.1 Å². The Hall–Kier alpha value is -1.08. The Morgan fingerprint density at radius 1 is 1.35 bits per heavy atom. The Labute approximate surface area is 119 Å². The summed E-state index contributed by atoms with van der Waals surface area (Å²) in [5.74, 6) is 0.680. The molecule has 6 heteroatoms. The molecule has 1 aliphatic heterocycles. The van der Waals surface area contributed by atoms with Crippen molar-refractivity contribution in [3.05, 3.63) is 23.8 Å². The van der Waals surface area contributed by atoms with Crippen LogP contribution >= 0.6 is 0 Å². The maximum atomic E-state index is 9.19. The third-order valence-corrected chi connectivity index (χ3v) is 3.44. The lowest BCUT2D eigenvalue weighted by atomic mass is 9.79. The minimum atomic E-state index is -1.48. The van der Waals surface area contributed by atoms with Crippen LogP contribution in [0, 0.1) is 0 Å². The summed E-state index contributed by atoms with van der Waals surface area (Å²) in [5, 5.41) is 18.4. The molecule has 110 valence electrons. The molecule has 2 rings (SSSR count). The van der Waals surface area contributed by atoms with Crippen LogP contribution in [0.3, 0.4) is 0 Å². The summed E-state index contributed by atoms with van der Waals surface area (Å²) in [6.45, 7) is 1.72. The summed E-state index contributed by atoms with van der Waals surface area (Å²) in [5.41, 5.74) is 1.23. The molecule has 0 saturated carbocycles. The summed E-state index contributed by atoms with van der Waals surface area (Å²) in [6.07, 6.45) is 3.51. The molecule has 5 nitrogen and oxygen atoms in total. The van der Waals surface area contributed by atoms with Gasteiger partial charge in [-0.2, -0.15) is 0 Å². The summed E-state index contributed by atoms with van der Waals surface area (Å²) >= 11 is 0. The van der Waals surface area contributed by atoms with Gasteiger partial charge in [0.25, 0.3) is 0 Å². The van der Waals surface area contributed by atoms with E-state index in [1.54, 1.807) is 25.3 Å². The molecule has 0 aliphatic carbocycles. The second-order valence-electron chi connectivity index (χ2n) is 4.95. The summed E-state index contributed by atoms with van der Waals surface area (Å²) < 4.78 is 16.5. The number of benzene rings is 1. The average molecular weight is 280 g/mol. The first kappa shape index (κ1) is 15.3. The Kier molecular flexibility index (Phi) is 5.85. The highest BCUT2D eigenvalue weighted by molar-refractivity contribution is 6.58. The Morgan fingerprint density at radius 3 is 2.85 bits per heavy atom. The van der Waals surface area contributed by atoms with Gasteiger partial charge >= 0.3 is 7.12 Å². The third kappa shape index (κ3) is 4.21. The molecule has 0 amide bonds. The van der Waals surface area contributed by atoms with Gasteiger partial charge in [0.2, 0.25) is 0 Å². The zero-order valence-corrected chi connectivity index (χ0v) is 11.7. The molecule has 1 aliphatic rings. The molecule has 0 spiro atoms. The largest absolute Gasteiger partial charge is 0.496 e. The van der Waals surface area contributed by atoms with Crippen LogP contribution in [0.2, 0.25) is 0 Å². The maximum absolute atomic E-state index is 9.19. The van der Waals surface area contributed by atoms with Gasteiger partial charge in [-0.3, -0.25) is 0 Å². The van der Waals surface area contributed by atoms with Gasteiger partial charge in [-0.15, -0.1) is 0 Å². The summed E-state index contributed by atoms with van der Waals surface area (Å²) in [7, 11) is 0.0966. The molecule has 0 radical (unpaired) electrons. The molecular weight excluding hydrogens is 259 g/mol. The molecule has 0 bridgehead atoms. The van der Waals surface area contributed by atoms with E-state index in [0.29, 0.717) is 24.4 Å². The summed E-state index contributed by atoms with van der Waals surface area (Å²) in [6, 6.07) is 5.02. The van der Waals surface area contributed by atoms with Crippen LogP contribution in [-0.4, -0.2) is 43.6 Å². The van der Waals surface area contributed by atoms with E-state index < -0.39 is 7.12 Å². The van der Waals surface area contributed by atoms with E-state index in [1.807, 2.05) is 0 Å². The maximum Gasteiger partial charge on any atom is 0.488 e. The van der Waals surface area contributed by atoms with Gasteiger partial charge in [0.05, 0.1) is 26.4 Å². The Balaban J connectivity index is 1.91. The lowest BCUT2D eigenvalue weighted by Gasteiger charge is -2.22. The van der Waals surface area contributed by atoms with Crippen molar-refractivity contribution in [3.8, 4) is 5.75 Å². The fourth-order valence-corrected chi connectivity index (χ4v) is 2.31. The van der Waals surface area contributed by atoms with Gasteiger partial charge in [-0.1, -0.05) is 12.1 Å². The highest BCUT2D eigenvalue weighted by atomic mass is 16.5. The van der Waals surface area contributed by atoms with E-state index >= 15 is 0 Å². The van der Waals surface area contributed by atoms with Crippen molar-refractivity contribution in [1.29, 1.82) is 0 Å².